The molecule has 8 heteroatoms. The Morgan fingerprint density at radius 1 is 1.19 bits per heavy atom. The van der Waals surface area contributed by atoms with Crippen molar-refractivity contribution < 1.29 is 14.4 Å². The van der Waals surface area contributed by atoms with Crippen LogP contribution in [0, 0.1) is 3.70 Å². The van der Waals surface area contributed by atoms with Crippen molar-refractivity contribution in [1.29, 1.82) is 0 Å². The van der Waals surface area contributed by atoms with E-state index < -0.39 is 0 Å². The van der Waals surface area contributed by atoms with Crippen molar-refractivity contribution in [2.45, 2.75) is 25.9 Å². The number of aromatic nitrogens is 2. The molecule has 7 nitrogen and oxygen atoms in total. The summed E-state index contributed by atoms with van der Waals surface area (Å²) in [5, 5.41) is 1.68. The predicted molar refractivity (Wildman–Crippen MR) is 102 cm³/mol. The number of fused-ring (bicyclic) bond motifs is 1. The number of halogens is 1. The summed E-state index contributed by atoms with van der Waals surface area (Å²) in [6, 6.07) is 8.99. The molecule has 2 aromatic rings. The van der Waals surface area contributed by atoms with Crippen LogP contribution in [0.4, 0.5) is 0 Å². The largest absolute Gasteiger partial charge is 0.364 e. The van der Waals surface area contributed by atoms with Crippen molar-refractivity contribution in [3.05, 3.63) is 51.1 Å². The van der Waals surface area contributed by atoms with Crippen molar-refractivity contribution in [2.24, 2.45) is 0 Å². The van der Waals surface area contributed by atoms with Gasteiger partial charge < -0.3 is 14.3 Å². The smallest absolute Gasteiger partial charge is 0.357 e. The molecule has 1 saturated heterocycles. The van der Waals surface area contributed by atoms with E-state index in [4.69, 9.17) is 9.82 Å². The van der Waals surface area contributed by atoms with Gasteiger partial charge in [-0.25, -0.2) is 9.78 Å². The number of carbonyl (C=O) groups excluding carboxylic acids is 2. The van der Waals surface area contributed by atoms with Crippen molar-refractivity contribution >= 4 is 34.5 Å². The van der Waals surface area contributed by atoms with Gasteiger partial charge in [-0.2, -0.15) is 0 Å². The molecule has 1 aromatic carbocycles. The minimum absolute atomic E-state index is 0.0949. The number of carbonyl (C=O) groups is 2. The van der Waals surface area contributed by atoms with Gasteiger partial charge in [-0.15, -0.1) is 5.06 Å². The monoisotopic (exact) mass is 466 g/mol. The minimum atomic E-state index is -0.333. The van der Waals surface area contributed by atoms with E-state index in [1.54, 1.807) is 24.1 Å². The number of imidazole rings is 1. The average molecular weight is 466 g/mol. The average Bonchev–Trinajstić information content (AvgIpc) is 2.94. The van der Waals surface area contributed by atoms with Gasteiger partial charge in [-0.1, -0.05) is 18.2 Å². The molecule has 0 unspecified atom stereocenters. The molecule has 3 heterocycles. The molecule has 0 N–H and O–H groups in total. The number of nitrogens with zero attached hydrogens (tertiary/aromatic N) is 4. The molecule has 136 valence electrons. The number of hydrogen-bond acceptors (Lipinski definition) is 5. The maximum absolute atomic E-state index is 12.1. The molecular formula is C18H19IN4O3. The van der Waals surface area contributed by atoms with Gasteiger partial charge in [-0.05, 0) is 34.7 Å². The van der Waals surface area contributed by atoms with Crippen molar-refractivity contribution in [3.63, 3.8) is 0 Å². The van der Waals surface area contributed by atoms with Gasteiger partial charge in [-0.3, -0.25) is 4.79 Å². The van der Waals surface area contributed by atoms with E-state index in [1.165, 1.54) is 0 Å². The SMILES string of the molecule is CC(=O)N1CCn2c(C3CN(OC(=O)c4ccccc4)C3)nc(I)c2C1. The van der Waals surface area contributed by atoms with Gasteiger partial charge in [0, 0.05) is 39.0 Å². The van der Waals surface area contributed by atoms with Crippen LogP contribution in [0.1, 0.15) is 34.7 Å². The lowest BCUT2D eigenvalue weighted by atomic mass is 10.0. The lowest BCUT2D eigenvalue weighted by Crippen LogP contribution is -2.47. The maximum Gasteiger partial charge on any atom is 0.357 e. The summed E-state index contributed by atoms with van der Waals surface area (Å²) in [4.78, 5) is 35.7. The molecule has 0 radical (unpaired) electrons. The highest BCUT2D eigenvalue weighted by molar-refractivity contribution is 14.1. The van der Waals surface area contributed by atoms with E-state index in [2.05, 4.69) is 27.2 Å². The third-order valence-corrected chi connectivity index (χ3v) is 5.73. The normalized spacial score (nSPS) is 17.5. The quantitative estimate of drug-likeness (QED) is 0.648. The molecule has 26 heavy (non-hydrogen) atoms. The van der Waals surface area contributed by atoms with Crippen LogP contribution in [-0.4, -0.2) is 51.0 Å². The Balaban J connectivity index is 1.40. The molecule has 4 rings (SSSR count). The third-order valence-electron chi connectivity index (χ3n) is 4.87. The Morgan fingerprint density at radius 3 is 2.62 bits per heavy atom. The molecule has 2 aliphatic heterocycles. The molecule has 1 amide bonds. The zero-order valence-corrected chi connectivity index (χ0v) is 16.5. The van der Waals surface area contributed by atoms with Gasteiger partial charge in [0.05, 0.1) is 17.8 Å². The second kappa shape index (κ2) is 6.99. The summed E-state index contributed by atoms with van der Waals surface area (Å²) < 4.78 is 3.17. The standard InChI is InChI=1S/C18H19IN4O3/c1-12(24)21-7-8-23-15(11-21)16(19)20-17(23)14-9-22(10-14)26-18(25)13-5-3-2-4-6-13/h2-6,14H,7-11H2,1H3. The molecule has 0 saturated carbocycles. The number of amides is 1. The van der Waals surface area contributed by atoms with Gasteiger partial charge in [0.2, 0.25) is 5.91 Å². The van der Waals surface area contributed by atoms with Crippen molar-refractivity contribution in [2.75, 3.05) is 19.6 Å². The van der Waals surface area contributed by atoms with E-state index in [9.17, 15) is 9.59 Å². The second-order valence-corrected chi connectivity index (χ2v) is 7.61. The summed E-state index contributed by atoms with van der Waals surface area (Å²) in [6.07, 6.45) is 0. The molecule has 0 atom stereocenters. The Labute approximate surface area is 165 Å². The Morgan fingerprint density at radius 2 is 1.92 bits per heavy atom. The van der Waals surface area contributed by atoms with Crippen LogP contribution >= 0.6 is 22.6 Å². The second-order valence-electron chi connectivity index (χ2n) is 6.59. The highest BCUT2D eigenvalue weighted by Gasteiger charge is 2.37. The van der Waals surface area contributed by atoms with Gasteiger partial charge >= 0.3 is 5.97 Å². The lowest BCUT2D eigenvalue weighted by molar-refractivity contribution is -0.159. The van der Waals surface area contributed by atoms with E-state index in [0.717, 1.165) is 21.8 Å². The Kier molecular flexibility index (Phi) is 4.70. The Hall–Kier alpha value is -1.94. The molecule has 0 aliphatic carbocycles. The van der Waals surface area contributed by atoms with Gasteiger partial charge in [0.1, 0.15) is 9.53 Å². The fourth-order valence-electron chi connectivity index (χ4n) is 3.36. The fraction of sp³-hybridized carbons (Fsp3) is 0.389. The van der Waals surface area contributed by atoms with Crippen LogP contribution in [0.15, 0.2) is 30.3 Å². The zero-order chi connectivity index (χ0) is 18.3. The molecule has 1 aromatic heterocycles. The summed E-state index contributed by atoms with van der Waals surface area (Å²) in [5.41, 5.74) is 1.65. The third kappa shape index (κ3) is 3.23. The van der Waals surface area contributed by atoms with E-state index >= 15 is 0 Å². The first kappa shape index (κ1) is 17.5. The first-order valence-electron chi connectivity index (χ1n) is 8.55. The summed E-state index contributed by atoms with van der Waals surface area (Å²) >= 11 is 2.24. The van der Waals surface area contributed by atoms with Crippen LogP contribution in [0.5, 0.6) is 0 Å². The van der Waals surface area contributed by atoms with Crippen LogP contribution < -0.4 is 0 Å². The number of hydroxylamine groups is 2. The highest BCUT2D eigenvalue weighted by atomic mass is 127. The summed E-state index contributed by atoms with van der Waals surface area (Å²) in [6.45, 7) is 4.97. The summed E-state index contributed by atoms with van der Waals surface area (Å²) in [5.74, 6) is 1.03. The molecular weight excluding hydrogens is 447 g/mol. The van der Waals surface area contributed by atoms with Crippen LogP contribution in [0.3, 0.4) is 0 Å². The van der Waals surface area contributed by atoms with Crippen molar-refractivity contribution in [3.8, 4) is 0 Å². The Bertz CT molecular complexity index is 846. The topological polar surface area (TPSA) is 67.7 Å². The zero-order valence-electron chi connectivity index (χ0n) is 14.4. The van der Waals surface area contributed by atoms with Crippen LogP contribution in [0.25, 0.3) is 0 Å². The summed E-state index contributed by atoms with van der Waals surface area (Å²) in [7, 11) is 0. The van der Waals surface area contributed by atoms with Gasteiger partial charge in [0.25, 0.3) is 0 Å². The number of rotatable bonds is 3. The van der Waals surface area contributed by atoms with Crippen LogP contribution in [0.2, 0.25) is 0 Å². The maximum atomic E-state index is 12.1. The first-order chi connectivity index (χ1) is 12.5. The highest BCUT2D eigenvalue weighted by Crippen LogP contribution is 2.31. The van der Waals surface area contributed by atoms with E-state index in [-0.39, 0.29) is 17.8 Å². The van der Waals surface area contributed by atoms with E-state index in [0.29, 0.717) is 31.7 Å². The number of benzene rings is 1. The molecule has 1 fully saturated rings. The first-order valence-corrected chi connectivity index (χ1v) is 9.63. The minimum Gasteiger partial charge on any atom is -0.364 e. The predicted octanol–water partition coefficient (Wildman–Crippen LogP) is 2.02. The fourth-order valence-corrected chi connectivity index (χ4v) is 4.07. The van der Waals surface area contributed by atoms with E-state index in [1.807, 2.05) is 23.1 Å². The molecule has 2 aliphatic rings. The van der Waals surface area contributed by atoms with Crippen LogP contribution in [-0.2, 0) is 22.7 Å². The van der Waals surface area contributed by atoms with Crippen molar-refractivity contribution in [1.82, 2.24) is 19.5 Å². The molecule has 0 spiro atoms. The lowest BCUT2D eigenvalue weighted by Gasteiger charge is -2.37. The molecule has 0 bridgehead atoms. The van der Waals surface area contributed by atoms with Gasteiger partial charge in [0.15, 0.2) is 0 Å². The number of hydrogen-bond donors (Lipinski definition) is 0.